The van der Waals surface area contributed by atoms with Crippen molar-refractivity contribution in [1.82, 2.24) is 9.38 Å². The van der Waals surface area contributed by atoms with Gasteiger partial charge in [0.2, 0.25) is 0 Å². The molecule has 0 amide bonds. The van der Waals surface area contributed by atoms with Crippen molar-refractivity contribution < 1.29 is 9.53 Å². The van der Waals surface area contributed by atoms with Gasteiger partial charge in [0.1, 0.15) is 10.3 Å². The third kappa shape index (κ3) is 2.18. The molecule has 2 aromatic heterocycles. The molecule has 0 saturated carbocycles. The third-order valence-corrected chi connectivity index (χ3v) is 3.98. The summed E-state index contributed by atoms with van der Waals surface area (Å²) in [5.41, 5.74) is 1.54. The van der Waals surface area contributed by atoms with Gasteiger partial charge in [-0.25, -0.2) is 4.98 Å². The van der Waals surface area contributed by atoms with Crippen LogP contribution in [0.1, 0.15) is 12.6 Å². The number of carbonyl (C=O) groups is 1. The summed E-state index contributed by atoms with van der Waals surface area (Å²) in [5, 5.41) is 2.19. The molecular weight excluding hydrogens is 320 g/mol. The highest BCUT2D eigenvalue weighted by molar-refractivity contribution is 9.10. The molecule has 20 heavy (non-hydrogen) atoms. The third-order valence-electron chi connectivity index (χ3n) is 3.14. The lowest BCUT2D eigenvalue weighted by atomic mass is 10.2. The summed E-state index contributed by atoms with van der Waals surface area (Å²) in [4.78, 5) is 16.2. The minimum atomic E-state index is -0.263. The minimum absolute atomic E-state index is 0.171. The van der Waals surface area contributed by atoms with Crippen LogP contribution in [0.2, 0.25) is 0 Å². The van der Waals surface area contributed by atoms with E-state index < -0.39 is 0 Å². The van der Waals surface area contributed by atoms with E-state index in [1.807, 2.05) is 40.9 Å². The van der Waals surface area contributed by atoms with Gasteiger partial charge in [0, 0.05) is 11.6 Å². The molecule has 5 heteroatoms. The highest BCUT2D eigenvalue weighted by atomic mass is 79.9. The number of benzene rings is 1. The van der Waals surface area contributed by atoms with Gasteiger partial charge in [0.05, 0.1) is 18.7 Å². The Labute approximate surface area is 124 Å². The minimum Gasteiger partial charge on any atom is -0.466 e. The molecule has 0 saturated heterocycles. The molecule has 102 valence electrons. The Morgan fingerprint density at radius 2 is 2.15 bits per heavy atom. The van der Waals surface area contributed by atoms with Gasteiger partial charge >= 0.3 is 5.97 Å². The Balaban J connectivity index is 2.13. The van der Waals surface area contributed by atoms with E-state index in [9.17, 15) is 4.79 Å². The number of hydrogen-bond donors (Lipinski definition) is 0. The van der Waals surface area contributed by atoms with E-state index in [1.54, 1.807) is 6.92 Å². The second-order valence-corrected chi connectivity index (χ2v) is 5.18. The van der Waals surface area contributed by atoms with Crippen LogP contribution in [-0.4, -0.2) is 22.0 Å². The van der Waals surface area contributed by atoms with Crippen LogP contribution in [-0.2, 0) is 16.0 Å². The topological polar surface area (TPSA) is 43.6 Å². The number of ether oxygens (including phenoxy) is 1. The molecule has 0 bridgehead atoms. The maximum atomic E-state index is 11.6. The maximum absolute atomic E-state index is 11.6. The molecule has 0 fully saturated rings. The summed E-state index contributed by atoms with van der Waals surface area (Å²) >= 11 is 3.51. The number of imidazole rings is 1. The van der Waals surface area contributed by atoms with Crippen molar-refractivity contribution in [2.45, 2.75) is 13.3 Å². The average Bonchev–Trinajstić information content (AvgIpc) is 2.76. The predicted octanol–water partition coefficient (Wildman–Crippen LogP) is 3.36. The summed E-state index contributed by atoms with van der Waals surface area (Å²) in [5.74, 6) is -0.263. The largest absolute Gasteiger partial charge is 0.466 e. The van der Waals surface area contributed by atoms with E-state index in [0.717, 1.165) is 21.0 Å². The van der Waals surface area contributed by atoms with Crippen LogP contribution < -0.4 is 0 Å². The van der Waals surface area contributed by atoms with Crippen LogP contribution in [0, 0.1) is 0 Å². The van der Waals surface area contributed by atoms with Gasteiger partial charge in [-0.05, 0) is 34.3 Å². The van der Waals surface area contributed by atoms with Crippen LogP contribution in [0.15, 0.2) is 41.1 Å². The fraction of sp³-hybridized carbons (Fsp3) is 0.200. The van der Waals surface area contributed by atoms with Crippen molar-refractivity contribution in [3.8, 4) is 0 Å². The van der Waals surface area contributed by atoms with Gasteiger partial charge in [0.25, 0.3) is 0 Å². The van der Waals surface area contributed by atoms with E-state index in [2.05, 4.69) is 20.9 Å². The molecule has 0 aliphatic carbocycles. The molecule has 2 heterocycles. The molecule has 0 aliphatic rings. The fourth-order valence-corrected chi connectivity index (χ4v) is 2.76. The van der Waals surface area contributed by atoms with Crippen LogP contribution in [0.5, 0.6) is 0 Å². The Morgan fingerprint density at radius 1 is 1.35 bits per heavy atom. The van der Waals surface area contributed by atoms with E-state index >= 15 is 0 Å². The zero-order valence-corrected chi connectivity index (χ0v) is 12.6. The first-order chi connectivity index (χ1) is 9.70. The molecule has 3 rings (SSSR count). The SMILES string of the molecule is CCOC(=O)Cc1nc2c3ccccc3ccn2c1Br. The van der Waals surface area contributed by atoms with Crippen LogP contribution in [0.4, 0.5) is 0 Å². The van der Waals surface area contributed by atoms with E-state index in [0.29, 0.717) is 12.3 Å². The number of fused-ring (bicyclic) bond motifs is 3. The zero-order chi connectivity index (χ0) is 14.1. The van der Waals surface area contributed by atoms with Crippen molar-refractivity contribution in [3.63, 3.8) is 0 Å². The summed E-state index contributed by atoms with van der Waals surface area (Å²) in [6, 6.07) is 10.1. The van der Waals surface area contributed by atoms with Crippen molar-refractivity contribution >= 4 is 38.3 Å². The van der Waals surface area contributed by atoms with Crippen molar-refractivity contribution in [3.05, 3.63) is 46.8 Å². The molecule has 3 aromatic rings. The molecule has 0 N–H and O–H groups in total. The second-order valence-electron chi connectivity index (χ2n) is 4.43. The Morgan fingerprint density at radius 3 is 2.95 bits per heavy atom. The van der Waals surface area contributed by atoms with Crippen molar-refractivity contribution in [1.29, 1.82) is 0 Å². The number of halogens is 1. The van der Waals surface area contributed by atoms with Gasteiger partial charge in [-0.15, -0.1) is 0 Å². The number of rotatable bonds is 3. The first-order valence-corrected chi connectivity index (χ1v) is 7.20. The summed E-state index contributed by atoms with van der Waals surface area (Å²) in [7, 11) is 0. The predicted molar refractivity (Wildman–Crippen MR) is 80.7 cm³/mol. The zero-order valence-electron chi connectivity index (χ0n) is 11.0. The Kier molecular flexibility index (Phi) is 3.44. The second kappa shape index (κ2) is 5.25. The van der Waals surface area contributed by atoms with E-state index in [4.69, 9.17) is 4.74 Å². The quantitative estimate of drug-likeness (QED) is 0.691. The number of nitrogens with zero attached hydrogens (tertiary/aromatic N) is 2. The van der Waals surface area contributed by atoms with Crippen LogP contribution in [0.25, 0.3) is 16.4 Å². The molecule has 0 spiro atoms. The van der Waals surface area contributed by atoms with Crippen LogP contribution >= 0.6 is 15.9 Å². The lowest BCUT2D eigenvalue weighted by Crippen LogP contribution is -2.08. The lowest BCUT2D eigenvalue weighted by Gasteiger charge is -2.00. The molecule has 1 aromatic carbocycles. The van der Waals surface area contributed by atoms with Gasteiger partial charge in [-0.3, -0.25) is 9.20 Å². The number of pyridine rings is 1. The Bertz CT molecular complexity index is 795. The number of aromatic nitrogens is 2. The molecule has 0 atom stereocenters. The highest BCUT2D eigenvalue weighted by Gasteiger charge is 2.15. The first kappa shape index (κ1) is 13.1. The van der Waals surface area contributed by atoms with E-state index in [-0.39, 0.29) is 12.4 Å². The number of esters is 1. The van der Waals surface area contributed by atoms with Gasteiger partial charge in [-0.2, -0.15) is 0 Å². The normalized spacial score (nSPS) is 11.1. The number of hydrogen-bond acceptors (Lipinski definition) is 3. The van der Waals surface area contributed by atoms with Crippen molar-refractivity contribution in [2.24, 2.45) is 0 Å². The van der Waals surface area contributed by atoms with Gasteiger partial charge < -0.3 is 4.74 Å². The van der Waals surface area contributed by atoms with Gasteiger partial charge in [-0.1, -0.05) is 24.3 Å². The first-order valence-electron chi connectivity index (χ1n) is 6.40. The summed E-state index contributed by atoms with van der Waals surface area (Å²) < 4.78 is 7.71. The molecule has 0 aliphatic heterocycles. The van der Waals surface area contributed by atoms with Crippen molar-refractivity contribution in [2.75, 3.05) is 6.61 Å². The standard InChI is InChI=1S/C15H13BrN2O2/c1-2-20-13(19)9-12-14(16)18-8-7-10-5-3-4-6-11(10)15(18)17-12/h3-8H,2,9H2,1H3. The average molecular weight is 333 g/mol. The number of carbonyl (C=O) groups excluding carboxylic acids is 1. The highest BCUT2D eigenvalue weighted by Crippen LogP contribution is 2.25. The summed E-state index contributed by atoms with van der Waals surface area (Å²) in [6.07, 6.45) is 2.12. The monoisotopic (exact) mass is 332 g/mol. The maximum Gasteiger partial charge on any atom is 0.311 e. The van der Waals surface area contributed by atoms with Gasteiger partial charge in [0.15, 0.2) is 0 Å². The molecule has 0 radical (unpaired) electrons. The lowest BCUT2D eigenvalue weighted by molar-refractivity contribution is -0.142. The van der Waals surface area contributed by atoms with Crippen LogP contribution in [0.3, 0.4) is 0 Å². The smallest absolute Gasteiger partial charge is 0.311 e. The molecule has 0 unspecified atom stereocenters. The van der Waals surface area contributed by atoms with E-state index in [1.165, 1.54) is 0 Å². The molecular formula is C15H13BrN2O2. The Hall–Kier alpha value is -1.88. The fourth-order valence-electron chi connectivity index (χ4n) is 2.25. The molecule has 4 nitrogen and oxygen atoms in total. The summed E-state index contributed by atoms with van der Waals surface area (Å²) in [6.45, 7) is 2.18.